The zero-order valence-electron chi connectivity index (χ0n) is 16.8. The number of para-hydroxylation sites is 1. The van der Waals surface area contributed by atoms with Crippen molar-refractivity contribution in [2.24, 2.45) is 0 Å². The highest BCUT2D eigenvalue weighted by atomic mass is 32.1. The van der Waals surface area contributed by atoms with Gasteiger partial charge in [-0.2, -0.15) is 0 Å². The Morgan fingerprint density at radius 2 is 1.90 bits per heavy atom. The summed E-state index contributed by atoms with van der Waals surface area (Å²) in [5, 5.41) is 5.77. The summed E-state index contributed by atoms with van der Waals surface area (Å²) in [6, 6.07) is 14.0. The molecule has 0 aliphatic carbocycles. The van der Waals surface area contributed by atoms with Crippen LogP contribution in [0.2, 0.25) is 0 Å². The van der Waals surface area contributed by atoms with Gasteiger partial charge in [-0.1, -0.05) is 25.1 Å². The first kappa shape index (κ1) is 21.7. The second-order valence-electron chi connectivity index (χ2n) is 6.74. The fraction of sp³-hybridized carbons (Fsp3) is 0.318. The maximum atomic E-state index is 12.7. The van der Waals surface area contributed by atoms with E-state index in [9.17, 15) is 9.59 Å². The van der Waals surface area contributed by atoms with E-state index in [1.807, 2.05) is 13.0 Å². The average molecular weight is 428 g/mol. The molecule has 158 valence electrons. The standard InChI is InChI=1S/C22H25N3O4S/c1-2-12-29-19-9-4-3-8-18(19)20(26)24-22(30)23-17-7-5-6-16(15-17)21(27)25-10-13-28-14-11-25/h3-9,15H,2,10-14H2,1H3,(H2,23,24,26,30). The van der Waals surface area contributed by atoms with Crippen molar-refractivity contribution in [3.8, 4) is 5.75 Å². The Labute approximate surface area is 181 Å². The number of thiocarbonyl (C=S) groups is 1. The largest absolute Gasteiger partial charge is 0.493 e. The van der Waals surface area contributed by atoms with Crippen molar-refractivity contribution in [1.29, 1.82) is 0 Å². The minimum absolute atomic E-state index is 0.0566. The fourth-order valence-electron chi connectivity index (χ4n) is 3.00. The molecule has 0 spiro atoms. The summed E-state index contributed by atoms with van der Waals surface area (Å²) >= 11 is 5.28. The number of rotatable bonds is 6. The van der Waals surface area contributed by atoms with Crippen molar-refractivity contribution in [2.45, 2.75) is 13.3 Å². The molecular weight excluding hydrogens is 402 g/mol. The lowest BCUT2D eigenvalue weighted by atomic mass is 10.1. The SMILES string of the molecule is CCCOc1ccccc1C(=O)NC(=S)Nc1cccc(C(=O)N2CCOCC2)c1. The van der Waals surface area contributed by atoms with Gasteiger partial charge in [0.25, 0.3) is 11.8 Å². The minimum Gasteiger partial charge on any atom is -0.493 e. The van der Waals surface area contributed by atoms with Crippen molar-refractivity contribution in [1.82, 2.24) is 10.2 Å². The lowest BCUT2D eigenvalue weighted by molar-refractivity contribution is 0.0303. The summed E-state index contributed by atoms with van der Waals surface area (Å²) < 4.78 is 10.9. The molecule has 8 heteroatoms. The Bertz CT molecular complexity index is 913. The molecule has 7 nitrogen and oxygen atoms in total. The summed E-state index contributed by atoms with van der Waals surface area (Å²) in [6.45, 7) is 4.76. The number of benzene rings is 2. The molecule has 2 aromatic carbocycles. The molecule has 0 unspecified atom stereocenters. The first-order valence-electron chi connectivity index (χ1n) is 9.89. The van der Waals surface area contributed by atoms with Gasteiger partial charge >= 0.3 is 0 Å². The van der Waals surface area contributed by atoms with Crippen LogP contribution in [0, 0.1) is 0 Å². The minimum atomic E-state index is -0.361. The highest BCUT2D eigenvalue weighted by Gasteiger charge is 2.19. The van der Waals surface area contributed by atoms with Gasteiger partial charge in [-0.25, -0.2) is 0 Å². The van der Waals surface area contributed by atoms with Crippen LogP contribution in [0.25, 0.3) is 0 Å². The fourth-order valence-corrected chi connectivity index (χ4v) is 3.21. The smallest absolute Gasteiger partial charge is 0.261 e. The number of carbonyl (C=O) groups is 2. The number of anilines is 1. The maximum absolute atomic E-state index is 12.7. The molecular formula is C22H25N3O4S. The van der Waals surface area contributed by atoms with Crippen LogP contribution in [-0.4, -0.2) is 54.7 Å². The molecule has 0 atom stereocenters. The quantitative estimate of drug-likeness (QED) is 0.690. The zero-order valence-corrected chi connectivity index (χ0v) is 17.7. The molecule has 1 fully saturated rings. The van der Waals surface area contributed by atoms with Gasteiger partial charge in [0, 0.05) is 24.3 Å². The first-order valence-corrected chi connectivity index (χ1v) is 10.3. The van der Waals surface area contributed by atoms with E-state index < -0.39 is 0 Å². The van der Waals surface area contributed by atoms with Crippen LogP contribution < -0.4 is 15.4 Å². The number of nitrogens with one attached hydrogen (secondary N) is 2. The molecule has 0 radical (unpaired) electrons. The third kappa shape index (κ3) is 5.77. The van der Waals surface area contributed by atoms with Crippen LogP contribution in [-0.2, 0) is 4.74 Å². The van der Waals surface area contributed by atoms with Crippen molar-refractivity contribution in [2.75, 3.05) is 38.2 Å². The Hall–Kier alpha value is -2.97. The molecule has 1 aliphatic rings. The van der Waals surface area contributed by atoms with Gasteiger partial charge in [0.15, 0.2) is 5.11 Å². The van der Waals surface area contributed by atoms with Crippen molar-refractivity contribution in [3.63, 3.8) is 0 Å². The van der Waals surface area contributed by atoms with Gasteiger partial charge in [-0.05, 0) is 49.0 Å². The Kier molecular flexibility index (Phi) is 7.75. The molecule has 0 aromatic heterocycles. The molecule has 2 aromatic rings. The summed E-state index contributed by atoms with van der Waals surface area (Å²) in [7, 11) is 0. The van der Waals surface area contributed by atoms with Crippen LogP contribution in [0.5, 0.6) is 5.75 Å². The van der Waals surface area contributed by atoms with Crippen molar-refractivity contribution in [3.05, 3.63) is 59.7 Å². The van der Waals surface area contributed by atoms with E-state index in [-0.39, 0.29) is 16.9 Å². The lowest BCUT2D eigenvalue weighted by Crippen LogP contribution is -2.40. The van der Waals surface area contributed by atoms with Gasteiger partial charge in [-0.15, -0.1) is 0 Å². The molecule has 2 N–H and O–H groups in total. The molecule has 1 heterocycles. The Balaban J connectivity index is 1.62. The van der Waals surface area contributed by atoms with Crippen LogP contribution in [0.4, 0.5) is 5.69 Å². The molecule has 2 amide bonds. The second kappa shape index (κ2) is 10.7. The number of hydrogen-bond acceptors (Lipinski definition) is 5. The summed E-state index contributed by atoms with van der Waals surface area (Å²) in [4.78, 5) is 27.0. The third-order valence-corrected chi connectivity index (χ3v) is 4.69. The maximum Gasteiger partial charge on any atom is 0.261 e. The monoisotopic (exact) mass is 427 g/mol. The molecule has 30 heavy (non-hydrogen) atoms. The number of carbonyl (C=O) groups excluding carboxylic acids is 2. The highest BCUT2D eigenvalue weighted by Crippen LogP contribution is 2.18. The van der Waals surface area contributed by atoms with Crippen molar-refractivity contribution < 1.29 is 19.1 Å². The van der Waals surface area contributed by atoms with Crippen molar-refractivity contribution >= 4 is 34.8 Å². The number of ether oxygens (including phenoxy) is 2. The van der Waals surface area contributed by atoms with Gasteiger partial charge in [0.05, 0.1) is 25.4 Å². The predicted molar refractivity (Wildman–Crippen MR) is 119 cm³/mol. The van der Waals surface area contributed by atoms with E-state index in [0.717, 1.165) is 6.42 Å². The van der Waals surface area contributed by atoms with E-state index in [1.165, 1.54) is 0 Å². The molecule has 0 saturated carbocycles. The van der Waals surface area contributed by atoms with E-state index in [4.69, 9.17) is 21.7 Å². The first-order chi connectivity index (χ1) is 14.6. The van der Waals surface area contributed by atoms with Gasteiger partial charge in [0.2, 0.25) is 0 Å². The van der Waals surface area contributed by atoms with E-state index in [0.29, 0.717) is 55.5 Å². The molecule has 1 aliphatic heterocycles. The third-order valence-electron chi connectivity index (χ3n) is 4.49. The van der Waals surface area contributed by atoms with Gasteiger partial charge in [-0.3, -0.25) is 14.9 Å². The Morgan fingerprint density at radius 1 is 1.13 bits per heavy atom. The average Bonchev–Trinajstić information content (AvgIpc) is 2.78. The van der Waals surface area contributed by atoms with Crippen LogP contribution in [0.15, 0.2) is 48.5 Å². The number of morpholine rings is 1. The zero-order chi connectivity index (χ0) is 21.3. The summed E-state index contributed by atoms with van der Waals surface area (Å²) in [5.74, 6) is 0.0939. The number of amides is 2. The summed E-state index contributed by atoms with van der Waals surface area (Å²) in [6.07, 6.45) is 0.843. The van der Waals surface area contributed by atoms with Gasteiger partial charge in [0.1, 0.15) is 5.75 Å². The van der Waals surface area contributed by atoms with E-state index in [1.54, 1.807) is 47.4 Å². The molecule has 0 bridgehead atoms. The van der Waals surface area contributed by atoms with E-state index in [2.05, 4.69) is 10.6 Å². The van der Waals surface area contributed by atoms with Gasteiger partial charge < -0.3 is 19.7 Å². The predicted octanol–water partition coefficient (Wildman–Crippen LogP) is 3.07. The highest BCUT2D eigenvalue weighted by molar-refractivity contribution is 7.80. The molecule has 3 rings (SSSR count). The van der Waals surface area contributed by atoms with E-state index >= 15 is 0 Å². The molecule has 1 saturated heterocycles. The Morgan fingerprint density at radius 3 is 2.67 bits per heavy atom. The van der Waals surface area contributed by atoms with Crippen LogP contribution in [0.1, 0.15) is 34.1 Å². The number of nitrogens with zero attached hydrogens (tertiary/aromatic N) is 1. The second-order valence-corrected chi connectivity index (χ2v) is 7.15. The summed E-state index contributed by atoms with van der Waals surface area (Å²) in [5.41, 5.74) is 1.58. The lowest BCUT2D eigenvalue weighted by Gasteiger charge is -2.27. The topological polar surface area (TPSA) is 79.9 Å². The van der Waals surface area contributed by atoms with Crippen LogP contribution in [0.3, 0.4) is 0 Å². The van der Waals surface area contributed by atoms with Crippen LogP contribution >= 0.6 is 12.2 Å². The normalized spacial score (nSPS) is 13.4. The number of hydrogen-bond donors (Lipinski definition) is 2.